The molecule has 0 aromatic heterocycles. The van der Waals surface area contributed by atoms with Crippen LogP contribution in [0, 0.1) is 5.92 Å². The average Bonchev–Trinajstić information content (AvgIpc) is 2.77. The number of amides is 3. The van der Waals surface area contributed by atoms with E-state index in [1.54, 1.807) is 31.1 Å². The summed E-state index contributed by atoms with van der Waals surface area (Å²) in [6.45, 7) is 1.69. The maximum Gasteiger partial charge on any atom is 0.317 e. The van der Waals surface area contributed by atoms with Crippen molar-refractivity contribution in [2.75, 3.05) is 27.2 Å². The molecule has 0 spiro atoms. The minimum Gasteiger partial charge on any atom is -0.388 e. The van der Waals surface area contributed by atoms with Gasteiger partial charge in [-0.2, -0.15) is 0 Å². The summed E-state index contributed by atoms with van der Waals surface area (Å²) in [7, 11) is 3.44. The number of rotatable bonds is 5. The van der Waals surface area contributed by atoms with Crippen molar-refractivity contribution in [3.05, 3.63) is 71.3 Å². The van der Waals surface area contributed by atoms with Gasteiger partial charge < -0.3 is 20.2 Å². The first-order chi connectivity index (χ1) is 14.0. The molecule has 3 amide bonds. The van der Waals surface area contributed by atoms with Crippen LogP contribution in [0.3, 0.4) is 0 Å². The third-order valence-electron chi connectivity index (χ3n) is 5.47. The number of hydrogen-bond acceptors (Lipinski definition) is 3. The first-order valence-corrected chi connectivity index (χ1v) is 10.0. The molecular weight excluding hydrogens is 366 g/mol. The van der Waals surface area contributed by atoms with Gasteiger partial charge in [-0.1, -0.05) is 42.5 Å². The third kappa shape index (κ3) is 5.35. The monoisotopic (exact) mass is 395 g/mol. The van der Waals surface area contributed by atoms with Crippen molar-refractivity contribution < 1.29 is 14.7 Å². The highest BCUT2D eigenvalue weighted by molar-refractivity contribution is 5.93. The Balaban J connectivity index is 1.46. The van der Waals surface area contributed by atoms with Crippen molar-refractivity contribution in [3.8, 4) is 0 Å². The second-order valence-corrected chi connectivity index (χ2v) is 7.74. The molecular formula is C23H29N3O3. The molecule has 1 atom stereocenters. The van der Waals surface area contributed by atoms with Crippen molar-refractivity contribution >= 4 is 11.9 Å². The fourth-order valence-electron chi connectivity index (χ4n) is 3.65. The van der Waals surface area contributed by atoms with Gasteiger partial charge in [0, 0.05) is 39.3 Å². The Morgan fingerprint density at radius 3 is 2.28 bits per heavy atom. The van der Waals surface area contributed by atoms with Crippen LogP contribution in [0.2, 0.25) is 0 Å². The summed E-state index contributed by atoms with van der Waals surface area (Å²) >= 11 is 0. The molecule has 0 radical (unpaired) electrons. The maximum atomic E-state index is 12.5. The van der Waals surface area contributed by atoms with Crippen molar-refractivity contribution in [3.63, 3.8) is 0 Å². The zero-order valence-electron chi connectivity index (χ0n) is 17.0. The van der Waals surface area contributed by atoms with Crippen molar-refractivity contribution in [2.45, 2.75) is 25.5 Å². The average molecular weight is 396 g/mol. The minimum atomic E-state index is -0.482. The summed E-state index contributed by atoms with van der Waals surface area (Å²) in [6, 6.07) is 16.9. The Bertz CT molecular complexity index is 813. The molecule has 1 unspecified atom stereocenters. The highest BCUT2D eigenvalue weighted by Gasteiger charge is 2.28. The Kier molecular flexibility index (Phi) is 6.88. The number of benzene rings is 2. The summed E-state index contributed by atoms with van der Waals surface area (Å²) in [6.07, 6.45) is 1.08. The SMILES string of the molecule is CN(C)C(=O)c1ccc(CNC(=O)N2CCC(C(O)c3ccccc3)CC2)cc1. The minimum absolute atomic E-state index is 0.0406. The first kappa shape index (κ1) is 20.9. The quantitative estimate of drug-likeness (QED) is 0.817. The van der Waals surface area contributed by atoms with Crippen LogP contribution >= 0.6 is 0 Å². The van der Waals surface area contributed by atoms with E-state index < -0.39 is 6.10 Å². The van der Waals surface area contributed by atoms with Crippen molar-refractivity contribution in [1.29, 1.82) is 0 Å². The van der Waals surface area contributed by atoms with Gasteiger partial charge in [-0.3, -0.25) is 4.79 Å². The lowest BCUT2D eigenvalue weighted by molar-refractivity contribution is 0.0665. The number of nitrogens with zero attached hydrogens (tertiary/aromatic N) is 2. The fraction of sp³-hybridized carbons (Fsp3) is 0.391. The van der Waals surface area contributed by atoms with E-state index in [0.717, 1.165) is 24.0 Å². The highest BCUT2D eigenvalue weighted by atomic mass is 16.3. The van der Waals surface area contributed by atoms with Crippen LogP contribution < -0.4 is 5.32 Å². The lowest BCUT2D eigenvalue weighted by Crippen LogP contribution is -2.44. The number of aliphatic hydroxyl groups excluding tert-OH is 1. The van der Waals surface area contributed by atoms with E-state index in [9.17, 15) is 14.7 Å². The summed E-state index contributed by atoms with van der Waals surface area (Å²) in [5.74, 6) is 0.129. The van der Waals surface area contributed by atoms with Gasteiger partial charge >= 0.3 is 6.03 Å². The zero-order chi connectivity index (χ0) is 20.8. The largest absolute Gasteiger partial charge is 0.388 e. The molecule has 3 rings (SSSR count). The Morgan fingerprint density at radius 2 is 1.69 bits per heavy atom. The molecule has 1 aliphatic heterocycles. The van der Waals surface area contributed by atoms with Crippen LogP contribution in [0.15, 0.2) is 54.6 Å². The van der Waals surface area contributed by atoms with E-state index in [1.807, 2.05) is 42.5 Å². The van der Waals surface area contributed by atoms with E-state index >= 15 is 0 Å². The maximum absolute atomic E-state index is 12.5. The molecule has 1 aliphatic rings. The van der Waals surface area contributed by atoms with Gasteiger partial charge in [0.1, 0.15) is 0 Å². The second kappa shape index (κ2) is 9.56. The Morgan fingerprint density at radius 1 is 1.07 bits per heavy atom. The summed E-state index contributed by atoms with van der Waals surface area (Å²) in [5.41, 5.74) is 2.51. The molecule has 6 nitrogen and oxygen atoms in total. The zero-order valence-corrected chi connectivity index (χ0v) is 17.0. The predicted octanol–water partition coefficient (Wildman–Crippen LogP) is 3.04. The molecule has 1 heterocycles. The van der Waals surface area contributed by atoms with Crippen LogP contribution in [0.25, 0.3) is 0 Å². The smallest absolute Gasteiger partial charge is 0.317 e. The van der Waals surface area contributed by atoms with E-state index in [2.05, 4.69) is 5.32 Å². The highest BCUT2D eigenvalue weighted by Crippen LogP contribution is 2.30. The number of aliphatic hydroxyl groups is 1. The van der Waals surface area contributed by atoms with E-state index in [-0.39, 0.29) is 17.9 Å². The van der Waals surface area contributed by atoms with Gasteiger partial charge in [0.15, 0.2) is 0 Å². The Hall–Kier alpha value is -2.86. The topological polar surface area (TPSA) is 72.9 Å². The third-order valence-corrected chi connectivity index (χ3v) is 5.47. The first-order valence-electron chi connectivity index (χ1n) is 10.0. The van der Waals surface area contributed by atoms with Gasteiger partial charge in [0.2, 0.25) is 0 Å². The van der Waals surface area contributed by atoms with Gasteiger partial charge in [0.25, 0.3) is 5.91 Å². The van der Waals surface area contributed by atoms with E-state index in [0.29, 0.717) is 25.2 Å². The van der Waals surface area contributed by atoms with Gasteiger partial charge in [-0.05, 0) is 42.0 Å². The molecule has 154 valence electrons. The molecule has 1 saturated heterocycles. The molecule has 1 fully saturated rings. The van der Waals surface area contributed by atoms with Crippen LogP contribution in [-0.4, -0.2) is 54.0 Å². The van der Waals surface area contributed by atoms with Crippen molar-refractivity contribution in [1.82, 2.24) is 15.1 Å². The van der Waals surface area contributed by atoms with Crippen LogP contribution in [-0.2, 0) is 6.54 Å². The lowest BCUT2D eigenvalue weighted by Gasteiger charge is -2.34. The molecule has 2 aromatic rings. The van der Waals surface area contributed by atoms with Crippen molar-refractivity contribution in [2.24, 2.45) is 5.92 Å². The molecule has 2 aromatic carbocycles. The molecule has 0 saturated carbocycles. The standard InChI is InChI=1S/C23H29N3O3/c1-25(2)22(28)20-10-8-17(9-11-20)16-24-23(29)26-14-12-19(13-15-26)21(27)18-6-4-3-5-7-18/h3-11,19,21,27H,12-16H2,1-2H3,(H,24,29). The van der Waals surface area contributed by atoms with Gasteiger partial charge in [-0.25, -0.2) is 4.79 Å². The molecule has 2 N–H and O–H groups in total. The number of urea groups is 1. The predicted molar refractivity (Wildman–Crippen MR) is 112 cm³/mol. The molecule has 0 aliphatic carbocycles. The van der Waals surface area contributed by atoms with E-state index in [4.69, 9.17) is 0 Å². The lowest BCUT2D eigenvalue weighted by atomic mass is 9.87. The number of hydrogen-bond donors (Lipinski definition) is 2. The summed E-state index contributed by atoms with van der Waals surface area (Å²) in [5, 5.41) is 13.5. The molecule has 0 bridgehead atoms. The van der Waals surface area contributed by atoms with Gasteiger partial charge in [0.05, 0.1) is 6.10 Å². The van der Waals surface area contributed by atoms with Crippen LogP contribution in [0.1, 0.15) is 40.4 Å². The number of piperidine rings is 1. The molecule has 29 heavy (non-hydrogen) atoms. The molecule has 6 heteroatoms. The summed E-state index contributed by atoms with van der Waals surface area (Å²) < 4.78 is 0. The second-order valence-electron chi connectivity index (χ2n) is 7.74. The van der Waals surface area contributed by atoms with Crippen LogP contribution in [0.5, 0.6) is 0 Å². The van der Waals surface area contributed by atoms with Gasteiger partial charge in [-0.15, -0.1) is 0 Å². The normalized spacial score (nSPS) is 15.6. The Labute approximate surface area is 172 Å². The summed E-state index contributed by atoms with van der Waals surface area (Å²) in [4.78, 5) is 27.7. The number of carbonyl (C=O) groups is 2. The van der Waals surface area contributed by atoms with E-state index in [1.165, 1.54) is 4.90 Å². The number of carbonyl (C=O) groups excluding carboxylic acids is 2. The van der Waals surface area contributed by atoms with Crippen LogP contribution in [0.4, 0.5) is 4.79 Å². The number of nitrogens with one attached hydrogen (secondary N) is 1. The fourth-order valence-corrected chi connectivity index (χ4v) is 3.65. The number of likely N-dealkylation sites (tertiary alicyclic amines) is 1.